The molecular weight excluding hydrogens is 210 g/mol. The zero-order chi connectivity index (χ0) is 11.9. The topological polar surface area (TPSA) is 19.4 Å². The van der Waals surface area contributed by atoms with Gasteiger partial charge in [0.15, 0.2) is 0 Å². The monoisotopic (exact) mass is 231 g/mol. The minimum absolute atomic E-state index is 0.462. The molecule has 0 saturated carbocycles. The molecule has 0 aliphatic carbocycles. The van der Waals surface area contributed by atoms with Crippen molar-refractivity contribution in [1.82, 2.24) is 9.88 Å². The second kappa shape index (κ2) is 3.98. The van der Waals surface area contributed by atoms with Crippen molar-refractivity contribution in [3.05, 3.63) is 23.9 Å². The molecule has 3 nitrogen and oxygen atoms in total. The fraction of sp³-hybridized carbons (Fsp3) is 0.643. The van der Waals surface area contributed by atoms with Crippen molar-refractivity contribution in [2.75, 3.05) is 31.6 Å². The largest absolute Gasteiger partial charge is 0.355 e. The lowest BCUT2D eigenvalue weighted by atomic mass is 9.85. The summed E-state index contributed by atoms with van der Waals surface area (Å²) in [7, 11) is 2.25. The maximum atomic E-state index is 4.73. The summed E-state index contributed by atoms with van der Waals surface area (Å²) in [5.74, 6) is 1.17. The molecule has 3 heterocycles. The van der Waals surface area contributed by atoms with Crippen LogP contribution >= 0.6 is 0 Å². The van der Waals surface area contributed by atoms with Crippen molar-refractivity contribution >= 4 is 5.82 Å². The molecule has 2 aliphatic heterocycles. The second-order valence-electron chi connectivity index (χ2n) is 5.41. The summed E-state index contributed by atoms with van der Waals surface area (Å²) in [5.41, 5.74) is 1.66. The number of anilines is 1. The molecule has 1 aromatic heterocycles. The Hall–Kier alpha value is -1.09. The van der Waals surface area contributed by atoms with Crippen LogP contribution in [0.2, 0.25) is 0 Å². The molecule has 1 atom stereocenters. The van der Waals surface area contributed by atoms with Gasteiger partial charge in [-0.3, -0.25) is 4.90 Å². The molecule has 3 heteroatoms. The molecular formula is C14H21N3. The Morgan fingerprint density at radius 1 is 1.29 bits per heavy atom. The Morgan fingerprint density at radius 2 is 2.12 bits per heavy atom. The van der Waals surface area contributed by atoms with Gasteiger partial charge in [-0.1, -0.05) is 13.0 Å². The third-order valence-corrected chi connectivity index (χ3v) is 4.53. The minimum atomic E-state index is 0.462. The molecule has 1 aromatic rings. The highest BCUT2D eigenvalue weighted by Crippen LogP contribution is 2.38. The fourth-order valence-electron chi connectivity index (χ4n) is 3.06. The first-order valence-corrected chi connectivity index (χ1v) is 6.66. The van der Waals surface area contributed by atoms with Gasteiger partial charge in [-0.15, -0.1) is 0 Å². The predicted molar refractivity (Wildman–Crippen MR) is 70.4 cm³/mol. The van der Waals surface area contributed by atoms with Gasteiger partial charge < -0.3 is 4.90 Å². The van der Waals surface area contributed by atoms with E-state index in [0.717, 1.165) is 19.5 Å². The van der Waals surface area contributed by atoms with Crippen LogP contribution in [0.5, 0.6) is 0 Å². The van der Waals surface area contributed by atoms with E-state index in [1.165, 1.54) is 30.9 Å². The zero-order valence-electron chi connectivity index (χ0n) is 10.8. The molecule has 2 fully saturated rings. The van der Waals surface area contributed by atoms with Crippen molar-refractivity contribution in [2.45, 2.75) is 31.7 Å². The van der Waals surface area contributed by atoms with Crippen LogP contribution in [0.25, 0.3) is 0 Å². The van der Waals surface area contributed by atoms with Crippen LogP contribution in [-0.4, -0.2) is 42.1 Å². The summed E-state index contributed by atoms with van der Waals surface area (Å²) in [6, 6.07) is 6.40. The highest BCUT2D eigenvalue weighted by molar-refractivity contribution is 5.42. The number of aryl methyl sites for hydroxylation is 1. The number of nitrogens with zero attached hydrogens (tertiary/aromatic N) is 3. The molecule has 1 spiro atoms. The standard InChI is InChI=1S/C14H21N3/c1-3-12-5-4-6-13(15-12)17-10-8-14(11-17)7-9-16(14)2/h4-6H,3,7-11H2,1-2H3. The van der Waals surface area contributed by atoms with E-state index in [1.807, 2.05) is 0 Å². The number of likely N-dealkylation sites (tertiary alicyclic amines) is 1. The van der Waals surface area contributed by atoms with Gasteiger partial charge in [-0.25, -0.2) is 4.98 Å². The van der Waals surface area contributed by atoms with Crippen LogP contribution < -0.4 is 4.90 Å². The third kappa shape index (κ3) is 1.73. The Kier molecular flexibility index (Phi) is 2.58. The maximum Gasteiger partial charge on any atom is 0.128 e. The predicted octanol–water partition coefficient (Wildman–Crippen LogP) is 1.93. The first kappa shape index (κ1) is 11.0. The highest BCUT2D eigenvalue weighted by atomic mass is 15.3. The molecule has 17 heavy (non-hydrogen) atoms. The molecule has 0 radical (unpaired) electrons. The molecule has 2 saturated heterocycles. The molecule has 0 aromatic carbocycles. The quantitative estimate of drug-likeness (QED) is 0.775. The normalized spacial score (nSPS) is 28.7. The van der Waals surface area contributed by atoms with Gasteiger partial charge in [0, 0.05) is 30.9 Å². The lowest BCUT2D eigenvalue weighted by Crippen LogP contribution is -2.59. The van der Waals surface area contributed by atoms with E-state index in [4.69, 9.17) is 4.98 Å². The van der Waals surface area contributed by atoms with Crippen LogP contribution in [0.4, 0.5) is 5.82 Å². The van der Waals surface area contributed by atoms with Crippen LogP contribution in [-0.2, 0) is 6.42 Å². The second-order valence-corrected chi connectivity index (χ2v) is 5.41. The van der Waals surface area contributed by atoms with E-state index in [1.54, 1.807) is 0 Å². The zero-order valence-corrected chi connectivity index (χ0v) is 10.8. The number of rotatable bonds is 2. The van der Waals surface area contributed by atoms with Crippen molar-refractivity contribution in [1.29, 1.82) is 0 Å². The van der Waals surface area contributed by atoms with E-state index in [-0.39, 0.29) is 0 Å². The number of likely N-dealkylation sites (N-methyl/N-ethyl adjacent to an activating group) is 1. The fourth-order valence-corrected chi connectivity index (χ4v) is 3.06. The van der Waals surface area contributed by atoms with E-state index in [0.29, 0.717) is 5.54 Å². The van der Waals surface area contributed by atoms with E-state index < -0.39 is 0 Å². The Morgan fingerprint density at radius 3 is 2.71 bits per heavy atom. The third-order valence-electron chi connectivity index (χ3n) is 4.53. The Balaban J connectivity index is 1.77. The molecule has 3 rings (SSSR count). The summed E-state index contributed by atoms with van der Waals surface area (Å²) < 4.78 is 0. The van der Waals surface area contributed by atoms with Gasteiger partial charge >= 0.3 is 0 Å². The molecule has 2 aliphatic rings. The summed E-state index contributed by atoms with van der Waals surface area (Å²) in [4.78, 5) is 9.69. The van der Waals surface area contributed by atoms with Crippen molar-refractivity contribution in [3.63, 3.8) is 0 Å². The van der Waals surface area contributed by atoms with E-state index in [2.05, 4.69) is 42.0 Å². The molecule has 1 unspecified atom stereocenters. The van der Waals surface area contributed by atoms with Crippen LogP contribution in [0.3, 0.4) is 0 Å². The summed E-state index contributed by atoms with van der Waals surface area (Å²) in [6.45, 7) is 5.74. The molecule has 92 valence electrons. The number of aromatic nitrogens is 1. The van der Waals surface area contributed by atoms with Crippen molar-refractivity contribution < 1.29 is 0 Å². The lowest BCUT2D eigenvalue weighted by molar-refractivity contribution is 0.0307. The van der Waals surface area contributed by atoms with Gasteiger partial charge in [0.2, 0.25) is 0 Å². The maximum absolute atomic E-state index is 4.73. The Bertz CT molecular complexity index is 418. The van der Waals surface area contributed by atoms with E-state index >= 15 is 0 Å². The van der Waals surface area contributed by atoms with Gasteiger partial charge in [0.1, 0.15) is 5.82 Å². The lowest BCUT2D eigenvalue weighted by Gasteiger charge is -2.48. The molecule has 0 amide bonds. The van der Waals surface area contributed by atoms with Gasteiger partial charge in [-0.2, -0.15) is 0 Å². The first-order valence-electron chi connectivity index (χ1n) is 6.66. The number of hydrogen-bond donors (Lipinski definition) is 0. The van der Waals surface area contributed by atoms with Gasteiger partial charge in [0.25, 0.3) is 0 Å². The molecule has 0 N–H and O–H groups in total. The van der Waals surface area contributed by atoms with Crippen LogP contribution in [0, 0.1) is 0 Å². The van der Waals surface area contributed by atoms with Crippen LogP contribution in [0.1, 0.15) is 25.5 Å². The smallest absolute Gasteiger partial charge is 0.128 e. The van der Waals surface area contributed by atoms with Crippen LogP contribution in [0.15, 0.2) is 18.2 Å². The average Bonchev–Trinajstić information content (AvgIpc) is 2.85. The van der Waals surface area contributed by atoms with Gasteiger partial charge in [0.05, 0.1) is 0 Å². The first-order chi connectivity index (χ1) is 8.23. The molecule has 0 bridgehead atoms. The summed E-state index contributed by atoms with van der Waals surface area (Å²) >= 11 is 0. The minimum Gasteiger partial charge on any atom is -0.355 e. The van der Waals surface area contributed by atoms with Gasteiger partial charge in [-0.05, 0) is 38.4 Å². The summed E-state index contributed by atoms with van der Waals surface area (Å²) in [6.07, 6.45) is 3.67. The van der Waals surface area contributed by atoms with Crippen molar-refractivity contribution in [2.24, 2.45) is 0 Å². The highest BCUT2D eigenvalue weighted by Gasteiger charge is 2.47. The average molecular weight is 231 g/mol. The van der Waals surface area contributed by atoms with Crippen molar-refractivity contribution in [3.8, 4) is 0 Å². The number of hydrogen-bond acceptors (Lipinski definition) is 3. The SMILES string of the molecule is CCc1cccc(N2CCC3(CCN3C)C2)n1. The number of pyridine rings is 1. The summed E-state index contributed by atoms with van der Waals surface area (Å²) in [5, 5.41) is 0. The Labute approximate surface area is 103 Å². The van der Waals surface area contributed by atoms with E-state index in [9.17, 15) is 0 Å².